The fourth-order valence-corrected chi connectivity index (χ4v) is 3.40. The maximum absolute atomic E-state index is 10.2. The van der Waals surface area contributed by atoms with Gasteiger partial charge in [0, 0.05) is 6.54 Å². The summed E-state index contributed by atoms with van der Waals surface area (Å²) in [6.07, 6.45) is -1.82. The van der Waals surface area contributed by atoms with Gasteiger partial charge in [0.2, 0.25) is 0 Å². The number of aromatic hydroxyl groups is 2. The van der Waals surface area contributed by atoms with Crippen molar-refractivity contribution in [1.29, 1.82) is 0 Å². The topological polar surface area (TPSA) is 166 Å². The van der Waals surface area contributed by atoms with Gasteiger partial charge in [-0.1, -0.05) is 11.6 Å². The normalized spacial score (nSPS) is 24.3. The number of halogens is 1. The molecule has 1 aromatic carbocycles. The van der Waals surface area contributed by atoms with Crippen molar-refractivity contribution >= 4 is 28.6 Å². The first-order valence-corrected chi connectivity index (χ1v) is 9.03. The first kappa shape index (κ1) is 19.6. The van der Waals surface area contributed by atoms with Crippen molar-refractivity contribution in [2.45, 2.75) is 31.1 Å². The van der Waals surface area contributed by atoms with Gasteiger partial charge in [-0.3, -0.25) is 4.57 Å². The van der Waals surface area contributed by atoms with Crippen molar-refractivity contribution in [2.75, 3.05) is 11.9 Å². The predicted octanol–water partition coefficient (Wildman–Crippen LogP) is 0.114. The zero-order chi connectivity index (χ0) is 20.7. The van der Waals surface area contributed by atoms with Crippen LogP contribution in [0.25, 0.3) is 11.2 Å². The number of hydrogen-bond acceptors (Lipinski definition) is 10. The van der Waals surface area contributed by atoms with Crippen LogP contribution in [0.15, 0.2) is 24.8 Å². The minimum atomic E-state index is -1.28. The SMILES string of the molecule is OC[C@H]1OC(n2cnc3c(NCc4c(O)ccc(Cl)c4O)ncnc32)[C@H](O)[C@@H]1O. The lowest BCUT2D eigenvalue weighted by Gasteiger charge is -2.16. The lowest BCUT2D eigenvalue weighted by molar-refractivity contribution is -0.0511. The molecule has 0 aliphatic carbocycles. The number of anilines is 1. The molecule has 0 radical (unpaired) electrons. The molecule has 1 saturated heterocycles. The number of aliphatic hydroxyl groups excluding tert-OH is 3. The molecule has 1 aliphatic rings. The molecule has 3 aromatic rings. The molecule has 0 spiro atoms. The Morgan fingerprint density at radius 1 is 1.14 bits per heavy atom. The van der Waals surface area contributed by atoms with Crippen LogP contribution in [0.2, 0.25) is 5.02 Å². The maximum atomic E-state index is 10.2. The molecule has 3 heterocycles. The minimum absolute atomic E-state index is 0.00501. The highest BCUT2D eigenvalue weighted by Crippen LogP contribution is 2.35. The van der Waals surface area contributed by atoms with Crippen LogP contribution in [0.4, 0.5) is 5.82 Å². The Bertz CT molecular complexity index is 1050. The third-order valence-electron chi connectivity index (χ3n) is 4.79. The second-order valence-electron chi connectivity index (χ2n) is 6.52. The highest BCUT2D eigenvalue weighted by atomic mass is 35.5. The number of nitrogens with zero attached hydrogens (tertiary/aromatic N) is 4. The summed E-state index contributed by atoms with van der Waals surface area (Å²) in [4.78, 5) is 12.5. The number of rotatable bonds is 5. The fraction of sp³-hybridized carbons (Fsp3) is 0.353. The molecule has 0 amide bonds. The molecule has 0 saturated carbocycles. The molecule has 1 aliphatic heterocycles. The Morgan fingerprint density at radius 3 is 2.66 bits per heavy atom. The second kappa shape index (κ2) is 7.61. The number of fused-ring (bicyclic) bond motifs is 1. The van der Waals surface area contributed by atoms with Crippen LogP contribution >= 0.6 is 11.6 Å². The summed E-state index contributed by atoms with van der Waals surface area (Å²) in [5, 5.41) is 52.5. The summed E-state index contributed by atoms with van der Waals surface area (Å²) in [5.41, 5.74) is 0.843. The van der Waals surface area contributed by atoms with E-state index in [1.165, 1.54) is 29.4 Å². The average Bonchev–Trinajstić information content (AvgIpc) is 3.26. The molecular weight excluding hydrogens is 406 g/mol. The number of phenolic OH excluding ortho intramolecular Hbond substituents is 2. The Hall–Kier alpha value is -2.70. The van der Waals surface area contributed by atoms with E-state index in [0.29, 0.717) is 17.0 Å². The number of benzene rings is 1. The van der Waals surface area contributed by atoms with Crippen LogP contribution in [0, 0.1) is 0 Å². The van der Waals surface area contributed by atoms with Crippen molar-refractivity contribution in [3.05, 3.63) is 35.4 Å². The number of aromatic nitrogens is 4. The van der Waals surface area contributed by atoms with Gasteiger partial charge in [0.05, 0.1) is 23.5 Å². The monoisotopic (exact) mass is 423 g/mol. The van der Waals surface area contributed by atoms with Crippen molar-refractivity contribution < 1.29 is 30.3 Å². The first-order chi connectivity index (χ1) is 13.9. The summed E-state index contributed by atoms with van der Waals surface area (Å²) in [7, 11) is 0. The molecule has 12 heteroatoms. The smallest absolute Gasteiger partial charge is 0.167 e. The molecule has 1 unspecified atom stereocenters. The zero-order valence-electron chi connectivity index (χ0n) is 14.8. The molecule has 2 aromatic heterocycles. The number of phenols is 2. The number of aliphatic hydroxyl groups is 3. The summed E-state index contributed by atoms with van der Waals surface area (Å²) >= 11 is 5.88. The van der Waals surface area contributed by atoms with E-state index in [4.69, 9.17) is 16.3 Å². The summed E-state index contributed by atoms with van der Waals surface area (Å²) in [6.45, 7) is -0.444. The van der Waals surface area contributed by atoms with Gasteiger partial charge in [-0.25, -0.2) is 15.0 Å². The zero-order valence-corrected chi connectivity index (χ0v) is 15.6. The van der Waals surface area contributed by atoms with Gasteiger partial charge in [0.15, 0.2) is 23.2 Å². The van der Waals surface area contributed by atoms with E-state index in [1.807, 2.05) is 0 Å². The molecule has 11 nitrogen and oxygen atoms in total. The Kier molecular flexibility index (Phi) is 5.15. The third-order valence-corrected chi connectivity index (χ3v) is 5.10. The Labute approximate surface area is 168 Å². The van der Waals surface area contributed by atoms with Crippen molar-refractivity contribution in [2.24, 2.45) is 0 Å². The van der Waals surface area contributed by atoms with Gasteiger partial charge in [0.25, 0.3) is 0 Å². The molecular formula is C17H18ClN5O6. The van der Waals surface area contributed by atoms with Gasteiger partial charge in [-0.2, -0.15) is 0 Å². The number of nitrogens with one attached hydrogen (secondary N) is 1. The minimum Gasteiger partial charge on any atom is -0.507 e. The van der Waals surface area contributed by atoms with Crippen LogP contribution in [0.3, 0.4) is 0 Å². The van der Waals surface area contributed by atoms with Crippen LogP contribution in [-0.4, -0.2) is 70.0 Å². The van der Waals surface area contributed by atoms with Crippen molar-refractivity contribution in [1.82, 2.24) is 19.5 Å². The van der Waals surface area contributed by atoms with E-state index in [-0.39, 0.29) is 28.6 Å². The van der Waals surface area contributed by atoms with Crippen LogP contribution in [0.5, 0.6) is 11.5 Å². The van der Waals surface area contributed by atoms with Gasteiger partial charge < -0.3 is 35.6 Å². The second-order valence-corrected chi connectivity index (χ2v) is 6.93. The Morgan fingerprint density at radius 2 is 1.93 bits per heavy atom. The van der Waals surface area contributed by atoms with Gasteiger partial charge in [-0.15, -0.1) is 0 Å². The summed E-state index contributed by atoms with van der Waals surface area (Å²) in [5.74, 6) is -0.0810. The lowest BCUT2D eigenvalue weighted by Crippen LogP contribution is -2.33. The number of imidazole rings is 1. The molecule has 154 valence electrons. The molecule has 1 fully saturated rings. The van der Waals surface area contributed by atoms with Crippen LogP contribution in [-0.2, 0) is 11.3 Å². The lowest BCUT2D eigenvalue weighted by atomic mass is 10.1. The first-order valence-electron chi connectivity index (χ1n) is 8.65. The van der Waals surface area contributed by atoms with E-state index in [9.17, 15) is 25.5 Å². The number of ether oxygens (including phenoxy) is 1. The maximum Gasteiger partial charge on any atom is 0.167 e. The van der Waals surface area contributed by atoms with Crippen LogP contribution in [0.1, 0.15) is 11.8 Å². The largest absolute Gasteiger partial charge is 0.507 e. The van der Waals surface area contributed by atoms with E-state index < -0.39 is 31.1 Å². The molecule has 6 N–H and O–H groups in total. The van der Waals surface area contributed by atoms with Crippen molar-refractivity contribution in [3.8, 4) is 11.5 Å². The fourth-order valence-electron chi connectivity index (χ4n) is 3.22. The highest BCUT2D eigenvalue weighted by molar-refractivity contribution is 6.32. The van der Waals surface area contributed by atoms with Gasteiger partial charge >= 0.3 is 0 Å². The molecule has 4 rings (SSSR count). The van der Waals surface area contributed by atoms with E-state index in [0.717, 1.165) is 0 Å². The predicted molar refractivity (Wildman–Crippen MR) is 100 cm³/mol. The third kappa shape index (κ3) is 3.32. The molecule has 0 bridgehead atoms. The van der Waals surface area contributed by atoms with Gasteiger partial charge in [-0.05, 0) is 12.1 Å². The van der Waals surface area contributed by atoms with Crippen molar-refractivity contribution in [3.63, 3.8) is 0 Å². The number of hydrogen-bond donors (Lipinski definition) is 6. The highest BCUT2D eigenvalue weighted by Gasteiger charge is 2.44. The van der Waals surface area contributed by atoms with E-state index >= 15 is 0 Å². The quantitative estimate of drug-likeness (QED) is 0.331. The van der Waals surface area contributed by atoms with E-state index in [1.54, 1.807) is 0 Å². The average molecular weight is 424 g/mol. The molecule has 4 atom stereocenters. The molecule has 29 heavy (non-hydrogen) atoms. The van der Waals surface area contributed by atoms with Crippen LogP contribution < -0.4 is 5.32 Å². The standard InChI is InChI=1S/C17H18ClN5O6/c18-8-1-2-9(25)7(12(8)26)3-19-15-11-16(21-5-20-15)23(6-22-11)17-14(28)13(27)10(4-24)29-17/h1-2,5-6,10,13-14,17,24-28H,3-4H2,(H,19,20,21)/t10-,13-,14-,17?/m1/s1. The van der Waals surface area contributed by atoms with Gasteiger partial charge in [0.1, 0.15) is 36.1 Å². The Balaban J connectivity index is 1.63. The summed E-state index contributed by atoms with van der Waals surface area (Å²) in [6, 6.07) is 2.74. The summed E-state index contributed by atoms with van der Waals surface area (Å²) < 4.78 is 6.94. The van der Waals surface area contributed by atoms with E-state index in [2.05, 4.69) is 20.3 Å².